The lowest BCUT2D eigenvalue weighted by molar-refractivity contribution is -0.143. The van der Waals surface area contributed by atoms with Crippen molar-refractivity contribution < 1.29 is 19.1 Å². The molecule has 1 aromatic rings. The van der Waals surface area contributed by atoms with E-state index in [1.54, 1.807) is 4.90 Å². The number of nitrogens with zero attached hydrogens (tertiary/aromatic N) is 1. The van der Waals surface area contributed by atoms with Gasteiger partial charge in [-0.15, -0.1) is 0 Å². The number of para-hydroxylation sites is 1. The van der Waals surface area contributed by atoms with Crippen LogP contribution in [0.4, 0.5) is 5.69 Å². The van der Waals surface area contributed by atoms with E-state index in [0.717, 1.165) is 44.2 Å². The minimum absolute atomic E-state index is 0.0419. The van der Waals surface area contributed by atoms with Crippen molar-refractivity contribution in [3.8, 4) is 0 Å². The zero-order valence-corrected chi connectivity index (χ0v) is 15.5. The van der Waals surface area contributed by atoms with Crippen LogP contribution in [0.2, 0.25) is 0 Å². The number of rotatable bonds is 13. The summed E-state index contributed by atoms with van der Waals surface area (Å²) < 4.78 is 10.5. The third kappa shape index (κ3) is 9.75. The number of hydrogen-bond donors (Lipinski definition) is 0. The zero-order chi connectivity index (χ0) is 18.3. The molecule has 140 valence electrons. The summed E-state index contributed by atoms with van der Waals surface area (Å²) in [5, 5.41) is 0. The van der Waals surface area contributed by atoms with E-state index < -0.39 is 0 Å². The summed E-state index contributed by atoms with van der Waals surface area (Å²) in [5.74, 6) is -0.641. The molecule has 1 rings (SSSR count). The maximum absolute atomic E-state index is 12.1. The lowest BCUT2D eigenvalue weighted by Crippen LogP contribution is -2.36. The molecule has 0 N–H and O–H groups in total. The maximum Gasteiger partial charge on any atom is 0.325 e. The predicted molar refractivity (Wildman–Crippen MR) is 99.6 cm³/mol. The van der Waals surface area contributed by atoms with Gasteiger partial charge in [0.05, 0.1) is 13.2 Å². The monoisotopic (exact) mass is 349 g/mol. The van der Waals surface area contributed by atoms with Gasteiger partial charge in [-0.2, -0.15) is 0 Å². The van der Waals surface area contributed by atoms with Crippen LogP contribution in [-0.4, -0.2) is 38.2 Å². The van der Waals surface area contributed by atoms with Gasteiger partial charge >= 0.3 is 11.9 Å². The molecule has 0 aliphatic carbocycles. The molecule has 0 heterocycles. The molecule has 0 bridgehead atoms. The van der Waals surface area contributed by atoms with Crippen molar-refractivity contribution in [2.45, 2.75) is 52.4 Å². The highest BCUT2D eigenvalue weighted by Gasteiger charge is 2.17. The minimum atomic E-state index is -0.321. The van der Waals surface area contributed by atoms with Crippen LogP contribution in [0.5, 0.6) is 0 Å². The van der Waals surface area contributed by atoms with Crippen LogP contribution in [0.3, 0.4) is 0 Å². The molecule has 0 aliphatic rings. The van der Waals surface area contributed by atoms with E-state index in [-0.39, 0.29) is 25.0 Å². The lowest BCUT2D eigenvalue weighted by atomic mass is 10.2. The van der Waals surface area contributed by atoms with Crippen molar-refractivity contribution in [2.75, 3.05) is 31.2 Å². The summed E-state index contributed by atoms with van der Waals surface area (Å²) >= 11 is 0. The molecule has 0 aromatic heterocycles. The molecule has 5 heteroatoms. The van der Waals surface area contributed by atoms with Crippen LogP contribution < -0.4 is 4.90 Å². The molecule has 1 aromatic carbocycles. The first-order chi connectivity index (χ1) is 12.2. The second-order valence-electron chi connectivity index (χ2n) is 6.05. The first kappa shape index (κ1) is 21.0. The first-order valence-corrected chi connectivity index (χ1v) is 9.28. The summed E-state index contributed by atoms with van der Waals surface area (Å²) in [4.78, 5) is 25.8. The Morgan fingerprint density at radius 1 is 0.800 bits per heavy atom. The smallest absolute Gasteiger partial charge is 0.325 e. The number of carbonyl (C=O) groups is 2. The van der Waals surface area contributed by atoms with E-state index >= 15 is 0 Å². The van der Waals surface area contributed by atoms with Gasteiger partial charge in [-0.1, -0.05) is 57.7 Å². The van der Waals surface area contributed by atoms with Crippen LogP contribution in [0.25, 0.3) is 0 Å². The molecule has 0 unspecified atom stereocenters. The third-order valence-electron chi connectivity index (χ3n) is 3.78. The third-order valence-corrected chi connectivity index (χ3v) is 3.78. The molecule has 0 saturated heterocycles. The van der Waals surface area contributed by atoms with E-state index in [0.29, 0.717) is 13.2 Å². The van der Waals surface area contributed by atoms with Gasteiger partial charge < -0.3 is 14.4 Å². The molecule has 0 amide bonds. The van der Waals surface area contributed by atoms with Gasteiger partial charge in [-0.05, 0) is 25.0 Å². The molecule has 5 nitrogen and oxygen atoms in total. The normalized spacial score (nSPS) is 10.3. The Kier molecular flexibility index (Phi) is 11.2. The van der Waals surface area contributed by atoms with Crippen LogP contribution in [0, 0.1) is 0 Å². The Morgan fingerprint density at radius 2 is 1.28 bits per heavy atom. The van der Waals surface area contributed by atoms with Crippen LogP contribution in [0.1, 0.15) is 52.4 Å². The van der Waals surface area contributed by atoms with Crippen LogP contribution in [0.15, 0.2) is 30.3 Å². The largest absolute Gasteiger partial charge is 0.464 e. The van der Waals surface area contributed by atoms with Gasteiger partial charge in [-0.25, -0.2) is 0 Å². The summed E-state index contributed by atoms with van der Waals surface area (Å²) in [6, 6.07) is 9.39. The van der Waals surface area contributed by atoms with E-state index in [1.807, 2.05) is 30.3 Å². The Hall–Kier alpha value is -2.04. The molecule has 0 fully saturated rings. The summed E-state index contributed by atoms with van der Waals surface area (Å²) in [5.41, 5.74) is 0.804. The van der Waals surface area contributed by atoms with Gasteiger partial charge in [0.15, 0.2) is 0 Å². The summed E-state index contributed by atoms with van der Waals surface area (Å²) in [6.45, 7) is 5.14. The van der Waals surface area contributed by atoms with Gasteiger partial charge in [0.2, 0.25) is 0 Å². The van der Waals surface area contributed by atoms with E-state index in [1.165, 1.54) is 0 Å². The van der Waals surface area contributed by atoms with E-state index in [9.17, 15) is 9.59 Å². The van der Waals surface area contributed by atoms with E-state index in [4.69, 9.17) is 9.47 Å². The molecule has 0 atom stereocenters. The molecular formula is C20H31NO4. The highest BCUT2D eigenvalue weighted by atomic mass is 16.5. The van der Waals surface area contributed by atoms with Crippen molar-refractivity contribution >= 4 is 17.6 Å². The first-order valence-electron chi connectivity index (χ1n) is 9.28. The van der Waals surface area contributed by atoms with Crippen LogP contribution >= 0.6 is 0 Å². The highest BCUT2D eigenvalue weighted by molar-refractivity contribution is 5.81. The lowest BCUT2D eigenvalue weighted by Gasteiger charge is -2.23. The van der Waals surface area contributed by atoms with Crippen molar-refractivity contribution in [1.29, 1.82) is 0 Å². The number of carbonyl (C=O) groups excluding carboxylic acids is 2. The minimum Gasteiger partial charge on any atom is -0.464 e. The summed E-state index contributed by atoms with van der Waals surface area (Å²) in [6.07, 6.45) is 5.98. The van der Waals surface area contributed by atoms with Crippen molar-refractivity contribution in [3.05, 3.63) is 30.3 Å². The Labute approximate surface area is 151 Å². The second kappa shape index (κ2) is 13.3. The molecule has 0 radical (unpaired) electrons. The van der Waals surface area contributed by atoms with Gasteiger partial charge in [0, 0.05) is 5.69 Å². The average Bonchev–Trinajstić information content (AvgIpc) is 2.62. The fourth-order valence-corrected chi connectivity index (χ4v) is 2.36. The number of esters is 2. The Balaban J connectivity index is 2.52. The zero-order valence-electron chi connectivity index (χ0n) is 15.5. The number of ether oxygens (including phenoxy) is 2. The molecule has 0 saturated carbocycles. The SMILES string of the molecule is CCCCCOC(=O)CN(CC(=O)OCCCCC)c1ccccc1. The van der Waals surface area contributed by atoms with E-state index in [2.05, 4.69) is 13.8 Å². The van der Waals surface area contributed by atoms with Gasteiger partial charge in [0.1, 0.15) is 13.1 Å². The number of hydrogen-bond acceptors (Lipinski definition) is 5. The van der Waals surface area contributed by atoms with Crippen molar-refractivity contribution in [1.82, 2.24) is 0 Å². The Morgan fingerprint density at radius 3 is 1.72 bits per heavy atom. The molecule has 25 heavy (non-hydrogen) atoms. The topological polar surface area (TPSA) is 55.8 Å². The maximum atomic E-state index is 12.1. The van der Waals surface area contributed by atoms with Gasteiger partial charge in [0.25, 0.3) is 0 Å². The van der Waals surface area contributed by atoms with Gasteiger partial charge in [-0.3, -0.25) is 9.59 Å². The Bertz CT molecular complexity index is 464. The number of anilines is 1. The van der Waals surface area contributed by atoms with Crippen molar-refractivity contribution in [3.63, 3.8) is 0 Å². The fraction of sp³-hybridized carbons (Fsp3) is 0.600. The highest BCUT2D eigenvalue weighted by Crippen LogP contribution is 2.13. The number of benzene rings is 1. The standard InChI is InChI=1S/C20H31NO4/c1-3-5-10-14-24-19(22)16-21(18-12-8-7-9-13-18)17-20(23)25-15-11-6-4-2/h7-9,12-13H,3-6,10-11,14-17H2,1-2H3. The van der Waals surface area contributed by atoms with Crippen molar-refractivity contribution in [2.24, 2.45) is 0 Å². The fourth-order valence-electron chi connectivity index (χ4n) is 2.36. The molecule has 0 spiro atoms. The molecular weight excluding hydrogens is 318 g/mol. The average molecular weight is 349 g/mol. The second-order valence-corrected chi connectivity index (χ2v) is 6.05. The van der Waals surface area contributed by atoms with Crippen LogP contribution in [-0.2, 0) is 19.1 Å². The quantitative estimate of drug-likeness (QED) is 0.398. The number of unbranched alkanes of at least 4 members (excludes halogenated alkanes) is 4. The molecule has 0 aliphatic heterocycles. The summed E-state index contributed by atoms with van der Waals surface area (Å²) in [7, 11) is 0. The predicted octanol–water partition coefficient (Wildman–Crippen LogP) is 3.96.